The van der Waals surface area contributed by atoms with Crippen LogP contribution in [0.1, 0.15) is 181 Å². The highest BCUT2D eigenvalue weighted by atomic mass is 32.3. The van der Waals surface area contributed by atoms with E-state index in [0.717, 1.165) is 25.7 Å². The smallest absolute Gasteiger partial charge is 0.397 e. The highest BCUT2D eigenvalue weighted by molar-refractivity contribution is 7.80. The Bertz CT molecular complexity index is 550. The molecule has 0 saturated heterocycles. The molecule has 0 aliphatic rings. The predicted molar refractivity (Wildman–Crippen MR) is 157 cm³/mol. The fourth-order valence-corrected chi connectivity index (χ4v) is 4.73. The Labute approximate surface area is 230 Å². The first-order chi connectivity index (χ1) is 17.8. The Kier molecular flexibility index (Phi) is 32.8. The third-order valence-electron chi connectivity index (χ3n) is 6.72. The lowest BCUT2D eigenvalue weighted by atomic mass is 10.0. The molecule has 37 heavy (non-hydrogen) atoms. The number of carboxylic acid groups (broad SMARTS) is 1. The maximum absolute atomic E-state index is 10.3. The minimum atomic E-state index is -4.23. The van der Waals surface area contributed by atoms with Crippen LogP contribution in [0, 0.1) is 0 Å². The van der Waals surface area contributed by atoms with Crippen molar-refractivity contribution in [1.82, 2.24) is 0 Å². The normalized spacial score (nSPS) is 11.3. The van der Waals surface area contributed by atoms with Gasteiger partial charge in [-0.25, -0.2) is 4.18 Å². The molecule has 0 heterocycles. The summed E-state index contributed by atoms with van der Waals surface area (Å²) in [6, 6.07) is 0. The monoisotopic (exact) mass is 550 g/mol. The number of hydrogen-bond donors (Lipinski definition) is 2. The van der Waals surface area contributed by atoms with E-state index in [1.807, 2.05) is 0 Å². The van der Waals surface area contributed by atoms with Crippen LogP contribution in [-0.4, -0.2) is 30.7 Å². The number of unbranched alkanes of at least 4 members (excludes halogenated alkanes) is 23. The summed E-state index contributed by atoms with van der Waals surface area (Å²) in [4.78, 5) is 10.3. The van der Waals surface area contributed by atoms with E-state index in [0.29, 0.717) is 12.8 Å². The molecule has 0 bridgehead atoms. The molecular formula is C30H62O6S. The molecule has 0 amide bonds. The van der Waals surface area contributed by atoms with Crippen molar-refractivity contribution in [3.63, 3.8) is 0 Å². The molecule has 224 valence electrons. The van der Waals surface area contributed by atoms with Gasteiger partial charge in [0.1, 0.15) is 0 Å². The zero-order chi connectivity index (χ0) is 27.9. The quantitative estimate of drug-likeness (QED) is 0.0742. The van der Waals surface area contributed by atoms with E-state index in [1.165, 1.54) is 128 Å². The molecule has 0 aromatic carbocycles. The Morgan fingerprint density at radius 3 is 1.05 bits per heavy atom. The summed E-state index contributed by atoms with van der Waals surface area (Å²) in [6.45, 7) is 4.58. The van der Waals surface area contributed by atoms with Gasteiger partial charge in [0.15, 0.2) is 0 Å². The Morgan fingerprint density at radius 2 is 0.784 bits per heavy atom. The summed E-state index contributed by atoms with van der Waals surface area (Å²) in [6.07, 6.45) is 32.1. The Morgan fingerprint density at radius 1 is 0.514 bits per heavy atom. The highest BCUT2D eigenvalue weighted by Crippen LogP contribution is 2.14. The fourth-order valence-electron chi connectivity index (χ4n) is 4.40. The van der Waals surface area contributed by atoms with Crippen molar-refractivity contribution in [3.05, 3.63) is 0 Å². The second kappa shape index (κ2) is 31.6. The zero-order valence-electron chi connectivity index (χ0n) is 24.5. The third-order valence-corrected chi connectivity index (χ3v) is 7.19. The van der Waals surface area contributed by atoms with Crippen LogP contribution in [0.5, 0.6) is 0 Å². The number of carboxylic acids is 1. The number of aliphatic carboxylic acids is 1. The van der Waals surface area contributed by atoms with E-state index in [2.05, 4.69) is 18.0 Å². The minimum absolute atomic E-state index is 0.0926. The van der Waals surface area contributed by atoms with Crippen molar-refractivity contribution in [3.8, 4) is 0 Å². The van der Waals surface area contributed by atoms with Gasteiger partial charge in [-0.1, -0.05) is 162 Å². The first-order valence-electron chi connectivity index (χ1n) is 15.7. The van der Waals surface area contributed by atoms with Gasteiger partial charge in [0.2, 0.25) is 0 Å². The molecule has 0 aromatic heterocycles. The largest absolute Gasteiger partial charge is 0.481 e. The molecule has 0 aromatic rings. The molecule has 0 saturated carbocycles. The maximum Gasteiger partial charge on any atom is 0.397 e. The maximum atomic E-state index is 10.3. The number of hydrogen-bond acceptors (Lipinski definition) is 4. The van der Waals surface area contributed by atoms with Gasteiger partial charge in [-0.2, -0.15) is 8.42 Å². The van der Waals surface area contributed by atoms with Crippen molar-refractivity contribution in [2.24, 2.45) is 0 Å². The van der Waals surface area contributed by atoms with Crippen LogP contribution in [0.15, 0.2) is 0 Å². The Balaban J connectivity index is 0. The average Bonchev–Trinajstić information content (AvgIpc) is 2.84. The molecule has 0 radical (unpaired) electrons. The van der Waals surface area contributed by atoms with E-state index >= 15 is 0 Å². The van der Waals surface area contributed by atoms with E-state index in [4.69, 9.17) is 9.66 Å². The van der Waals surface area contributed by atoms with Gasteiger partial charge in [-0.15, -0.1) is 0 Å². The van der Waals surface area contributed by atoms with E-state index in [-0.39, 0.29) is 6.61 Å². The molecule has 0 aliphatic carbocycles. The highest BCUT2D eigenvalue weighted by Gasteiger charge is 2.02. The lowest BCUT2D eigenvalue weighted by Crippen LogP contribution is -2.04. The topological polar surface area (TPSA) is 101 Å². The van der Waals surface area contributed by atoms with E-state index in [1.54, 1.807) is 0 Å². The van der Waals surface area contributed by atoms with Crippen molar-refractivity contribution >= 4 is 16.4 Å². The minimum Gasteiger partial charge on any atom is -0.481 e. The van der Waals surface area contributed by atoms with Gasteiger partial charge in [0.25, 0.3) is 0 Å². The van der Waals surface area contributed by atoms with Gasteiger partial charge in [0, 0.05) is 6.42 Å². The van der Waals surface area contributed by atoms with Crippen LogP contribution < -0.4 is 0 Å². The van der Waals surface area contributed by atoms with Gasteiger partial charge in [0.05, 0.1) is 6.61 Å². The molecule has 0 spiro atoms. The summed E-state index contributed by atoms with van der Waals surface area (Å²) >= 11 is 0. The molecule has 0 unspecified atom stereocenters. The average molecular weight is 551 g/mol. The van der Waals surface area contributed by atoms with Crippen LogP contribution >= 0.6 is 0 Å². The summed E-state index contributed by atoms with van der Waals surface area (Å²) in [7, 11) is -4.23. The van der Waals surface area contributed by atoms with Gasteiger partial charge in [-0.3, -0.25) is 9.35 Å². The number of rotatable bonds is 28. The molecule has 0 rings (SSSR count). The van der Waals surface area contributed by atoms with E-state index < -0.39 is 16.4 Å². The van der Waals surface area contributed by atoms with Crippen molar-refractivity contribution in [2.45, 2.75) is 181 Å². The van der Waals surface area contributed by atoms with Crippen molar-refractivity contribution in [1.29, 1.82) is 0 Å². The molecule has 0 atom stereocenters. The second-order valence-electron chi connectivity index (χ2n) is 10.5. The lowest BCUT2D eigenvalue weighted by molar-refractivity contribution is -0.137. The van der Waals surface area contributed by atoms with Crippen LogP contribution in [0.2, 0.25) is 0 Å². The molecular weight excluding hydrogens is 488 g/mol. The first kappa shape index (κ1) is 38.5. The van der Waals surface area contributed by atoms with Gasteiger partial charge >= 0.3 is 16.4 Å². The van der Waals surface area contributed by atoms with Crippen LogP contribution in [-0.2, 0) is 19.4 Å². The number of carbonyl (C=O) groups is 1. The van der Waals surface area contributed by atoms with Crippen molar-refractivity contribution < 1.29 is 27.1 Å². The third kappa shape index (κ3) is 42.7. The van der Waals surface area contributed by atoms with Gasteiger partial charge < -0.3 is 5.11 Å². The van der Waals surface area contributed by atoms with E-state index in [9.17, 15) is 13.2 Å². The first-order valence-corrected chi connectivity index (χ1v) is 17.0. The van der Waals surface area contributed by atoms with Crippen LogP contribution in [0.4, 0.5) is 0 Å². The molecule has 0 fully saturated rings. The molecule has 7 heteroatoms. The predicted octanol–water partition coefficient (Wildman–Crippen LogP) is 10.1. The molecule has 2 N–H and O–H groups in total. The molecule has 6 nitrogen and oxygen atoms in total. The van der Waals surface area contributed by atoms with Crippen LogP contribution in [0.25, 0.3) is 0 Å². The van der Waals surface area contributed by atoms with Crippen molar-refractivity contribution in [2.75, 3.05) is 6.61 Å². The standard InChI is InChI=1S/C18H36O2.C12H26O4S/c1-2-3-4-5-6-7-8-9-10-11-12-13-14-15-16-17-18(19)20;1-2-3-4-5-6-7-8-9-10-11-12-16-17(13,14)15/h2-17H2,1H3,(H,19,20);2-12H2,1H3,(H,13,14,15). The Hall–Kier alpha value is -0.660. The second-order valence-corrected chi connectivity index (χ2v) is 11.6. The summed E-state index contributed by atoms with van der Waals surface area (Å²) in [5, 5.41) is 8.52. The lowest BCUT2D eigenvalue weighted by Gasteiger charge is -2.03. The SMILES string of the molecule is CCCCCCCCCCCCCCCCCC(=O)O.CCCCCCCCCCCCOS(=O)(=O)O. The molecule has 0 aliphatic heterocycles. The zero-order valence-corrected chi connectivity index (χ0v) is 25.3. The fraction of sp³-hybridized carbons (Fsp3) is 0.967. The summed E-state index contributed by atoms with van der Waals surface area (Å²) in [5.41, 5.74) is 0. The summed E-state index contributed by atoms with van der Waals surface area (Å²) in [5.74, 6) is -0.653. The van der Waals surface area contributed by atoms with Crippen LogP contribution in [0.3, 0.4) is 0 Å². The summed E-state index contributed by atoms with van der Waals surface area (Å²) < 4.78 is 33.0. The van der Waals surface area contributed by atoms with Gasteiger partial charge in [-0.05, 0) is 12.8 Å².